The van der Waals surface area contributed by atoms with Crippen LogP contribution in [0.5, 0.6) is 5.75 Å². The summed E-state index contributed by atoms with van der Waals surface area (Å²) in [4.78, 5) is 24.8. The molecule has 0 atom stereocenters. The van der Waals surface area contributed by atoms with Crippen molar-refractivity contribution in [2.45, 2.75) is 26.2 Å². The lowest BCUT2D eigenvalue weighted by atomic mass is 10.2. The van der Waals surface area contributed by atoms with Crippen molar-refractivity contribution in [1.82, 2.24) is 4.90 Å². The molecule has 0 radical (unpaired) electrons. The molecule has 5 nitrogen and oxygen atoms in total. The van der Waals surface area contributed by atoms with Gasteiger partial charge in [-0.05, 0) is 37.1 Å². The summed E-state index contributed by atoms with van der Waals surface area (Å²) < 4.78 is 10.0. The summed E-state index contributed by atoms with van der Waals surface area (Å²) in [6.07, 6.45) is 1.86. The number of benzene rings is 1. The lowest BCUT2D eigenvalue weighted by Crippen LogP contribution is -2.28. The van der Waals surface area contributed by atoms with Crippen LogP contribution in [0.4, 0.5) is 0 Å². The lowest BCUT2D eigenvalue weighted by molar-refractivity contribution is -0.140. The number of carbonyl (C=O) groups is 2. The van der Waals surface area contributed by atoms with E-state index < -0.39 is 0 Å². The van der Waals surface area contributed by atoms with Gasteiger partial charge in [-0.3, -0.25) is 9.59 Å². The summed E-state index contributed by atoms with van der Waals surface area (Å²) in [6.45, 7) is 3.23. The van der Waals surface area contributed by atoms with Crippen LogP contribution in [0.3, 0.4) is 0 Å². The molecule has 0 aliphatic heterocycles. The van der Waals surface area contributed by atoms with Gasteiger partial charge in [-0.1, -0.05) is 6.92 Å². The van der Waals surface area contributed by atoms with Crippen LogP contribution in [-0.2, 0) is 9.53 Å². The molecule has 0 bridgehead atoms. The fourth-order valence-electron chi connectivity index (χ4n) is 1.80. The van der Waals surface area contributed by atoms with Crippen LogP contribution in [0.2, 0.25) is 0 Å². The molecule has 116 valence electrons. The van der Waals surface area contributed by atoms with E-state index in [0.29, 0.717) is 31.6 Å². The molecule has 1 aromatic rings. The predicted octanol–water partition coefficient (Wildman–Crippen LogP) is 2.50. The number of ether oxygens (including phenoxy) is 2. The molecule has 0 fully saturated rings. The van der Waals surface area contributed by atoms with Gasteiger partial charge >= 0.3 is 5.97 Å². The minimum absolute atomic E-state index is 0.0677. The molecule has 0 heterocycles. The van der Waals surface area contributed by atoms with Gasteiger partial charge in [0, 0.05) is 25.6 Å². The lowest BCUT2D eigenvalue weighted by Gasteiger charge is -2.17. The third-order valence-corrected chi connectivity index (χ3v) is 3.02. The summed E-state index contributed by atoms with van der Waals surface area (Å²) in [7, 11) is 3.08. The van der Waals surface area contributed by atoms with Crippen molar-refractivity contribution in [2.75, 3.05) is 27.3 Å². The molecular formula is C16H23NO4. The molecule has 0 saturated heterocycles. The zero-order valence-corrected chi connectivity index (χ0v) is 12.9. The average Bonchev–Trinajstić information content (AvgIpc) is 2.52. The van der Waals surface area contributed by atoms with Gasteiger partial charge in [0.1, 0.15) is 5.75 Å². The van der Waals surface area contributed by atoms with Crippen LogP contribution in [0.25, 0.3) is 0 Å². The van der Waals surface area contributed by atoms with Crippen molar-refractivity contribution in [1.29, 1.82) is 0 Å². The first-order valence-corrected chi connectivity index (χ1v) is 7.13. The number of amides is 1. The summed E-state index contributed by atoms with van der Waals surface area (Å²) in [5.41, 5.74) is 0.611. The number of carbonyl (C=O) groups excluding carboxylic acids is 2. The van der Waals surface area contributed by atoms with Crippen LogP contribution in [0.1, 0.15) is 36.5 Å². The minimum Gasteiger partial charge on any atom is -0.494 e. The molecule has 0 aliphatic rings. The third-order valence-electron chi connectivity index (χ3n) is 3.02. The van der Waals surface area contributed by atoms with Gasteiger partial charge in [0.25, 0.3) is 5.91 Å². The standard InChI is InChI=1S/C16H23NO4/c1-4-12-21-14-9-7-13(8-10-14)16(19)17(2)11-5-6-15(18)20-3/h7-10H,4-6,11-12H2,1-3H3. The smallest absolute Gasteiger partial charge is 0.305 e. The molecule has 5 heteroatoms. The highest BCUT2D eigenvalue weighted by Gasteiger charge is 2.12. The SMILES string of the molecule is CCCOc1ccc(C(=O)N(C)CCCC(=O)OC)cc1. The quantitative estimate of drug-likeness (QED) is 0.691. The number of hydrogen-bond donors (Lipinski definition) is 0. The first kappa shape index (κ1) is 17.0. The third kappa shape index (κ3) is 5.85. The van der Waals surface area contributed by atoms with E-state index >= 15 is 0 Å². The van der Waals surface area contributed by atoms with Gasteiger partial charge in [0.05, 0.1) is 13.7 Å². The molecule has 0 unspecified atom stereocenters. The average molecular weight is 293 g/mol. The molecule has 0 aromatic heterocycles. The number of rotatable bonds is 8. The normalized spacial score (nSPS) is 10.0. The summed E-state index contributed by atoms with van der Waals surface area (Å²) in [5.74, 6) is 0.442. The summed E-state index contributed by atoms with van der Waals surface area (Å²) in [6, 6.07) is 7.10. The maximum Gasteiger partial charge on any atom is 0.305 e. The zero-order chi connectivity index (χ0) is 15.7. The number of methoxy groups -OCH3 is 1. The van der Waals surface area contributed by atoms with Gasteiger partial charge < -0.3 is 14.4 Å². The minimum atomic E-state index is -0.256. The molecule has 1 amide bonds. The van der Waals surface area contributed by atoms with Crippen LogP contribution in [0.15, 0.2) is 24.3 Å². The second kappa shape index (κ2) is 9.00. The number of esters is 1. The van der Waals surface area contributed by atoms with E-state index in [1.54, 1.807) is 36.2 Å². The van der Waals surface area contributed by atoms with E-state index in [-0.39, 0.29) is 11.9 Å². The van der Waals surface area contributed by atoms with Crippen LogP contribution >= 0.6 is 0 Å². The fraction of sp³-hybridized carbons (Fsp3) is 0.500. The van der Waals surface area contributed by atoms with Crippen molar-refractivity contribution in [3.63, 3.8) is 0 Å². The molecule has 0 saturated carbocycles. The van der Waals surface area contributed by atoms with Crippen LogP contribution in [-0.4, -0.2) is 44.1 Å². The molecule has 0 spiro atoms. The Morgan fingerprint density at radius 1 is 1.19 bits per heavy atom. The Morgan fingerprint density at radius 3 is 2.43 bits per heavy atom. The van der Waals surface area contributed by atoms with E-state index in [0.717, 1.165) is 12.2 Å². The second-order valence-electron chi connectivity index (χ2n) is 4.78. The molecule has 0 N–H and O–H groups in total. The topological polar surface area (TPSA) is 55.8 Å². The monoisotopic (exact) mass is 293 g/mol. The Balaban J connectivity index is 2.47. The van der Waals surface area contributed by atoms with Gasteiger partial charge in [0.15, 0.2) is 0 Å². The molecular weight excluding hydrogens is 270 g/mol. The largest absolute Gasteiger partial charge is 0.494 e. The van der Waals surface area contributed by atoms with E-state index in [4.69, 9.17) is 4.74 Å². The van der Waals surface area contributed by atoms with Crippen molar-refractivity contribution in [3.05, 3.63) is 29.8 Å². The Morgan fingerprint density at radius 2 is 1.86 bits per heavy atom. The van der Waals surface area contributed by atoms with Crippen molar-refractivity contribution >= 4 is 11.9 Å². The number of nitrogens with zero attached hydrogens (tertiary/aromatic N) is 1. The molecule has 1 rings (SSSR count). The second-order valence-corrected chi connectivity index (χ2v) is 4.78. The van der Waals surface area contributed by atoms with Crippen LogP contribution in [0, 0.1) is 0 Å². The highest BCUT2D eigenvalue weighted by molar-refractivity contribution is 5.94. The van der Waals surface area contributed by atoms with Gasteiger partial charge in [-0.15, -0.1) is 0 Å². The first-order chi connectivity index (χ1) is 10.1. The maximum atomic E-state index is 12.2. The Kier molecular flexibility index (Phi) is 7.29. The van der Waals surface area contributed by atoms with E-state index in [1.165, 1.54) is 7.11 Å². The number of hydrogen-bond acceptors (Lipinski definition) is 4. The van der Waals surface area contributed by atoms with E-state index in [1.807, 2.05) is 6.92 Å². The molecule has 21 heavy (non-hydrogen) atoms. The van der Waals surface area contributed by atoms with Crippen LogP contribution < -0.4 is 4.74 Å². The Bertz CT molecular complexity index is 456. The first-order valence-electron chi connectivity index (χ1n) is 7.13. The summed E-state index contributed by atoms with van der Waals surface area (Å²) >= 11 is 0. The molecule has 0 aliphatic carbocycles. The zero-order valence-electron chi connectivity index (χ0n) is 12.9. The highest BCUT2D eigenvalue weighted by Crippen LogP contribution is 2.14. The maximum absolute atomic E-state index is 12.2. The van der Waals surface area contributed by atoms with E-state index in [9.17, 15) is 9.59 Å². The Hall–Kier alpha value is -2.04. The van der Waals surface area contributed by atoms with Crippen molar-refractivity contribution in [3.8, 4) is 5.75 Å². The van der Waals surface area contributed by atoms with Gasteiger partial charge in [0.2, 0.25) is 0 Å². The van der Waals surface area contributed by atoms with E-state index in [2.05, 4.69) is 4.74 Å². The van der Waals surface area contributed by atoms with Crippen molar-refractivity contribution < 1.29 is 19.1 Å². The molecule has 1 aromatic carbocycles. The van der Waals surface area contributed by atoms with Gasteiger partial charge in [-0.2, -0.15) is 0 Å². The van der Waals surface area contributed by atoms with Crippen molar-refractivity contribution in [2.24, 2.45) is 0 Å². The predicted molar refractivity (Wildman–Crippen MR) is 80.4 cm³/mol. The van der Waals surface area contributed by atoms with Gasteiger partial charge in [-0.25, -0.2) is 0 Å². The Labute approximate surface area is 125 Å². The fourth-order valence-corrected chi connectivity index (χ4v) is 1.80. The highest BCUT2D eigenvalue weighted by atomic mass is 16.5. The summed E-state index contributed by atoms with van der Waals surface area (Å²) in [5, 5.41) is 0.